The molecule has 1 N–H and O–H groups in total. The van der Waals surface area contributed by atoms with Gasteiger partial charge in [-0.05, 0) is 12.8 Å². The minimum atomic E-state index is -0.327. The van der Waals surface area contributed by atoms with E-state index in [1.807, 2.05) is 11.0 Å². The van der Waals surface area contributed by atoms with Crippen molar-refractivity contribution >= 4 is 5.82 Å². The highest BCUT2D eigenvalue weighted by Crippen LogP contribution is 2.19. The number of hydrogen-bond acceptors (Lipinski definition) is 5. The van der Waals surface area contributed by atoms with Crippen molar-refractivity contribution in [2.75, 3.05) is 18.0 Å². The van der Waals surface area contributed by atoms with E-state index >= 15 is 0 Å². The number of nitrogens with zero attached hydrogens (tertiary/aromatic N) is 4. The normalized spacial score (nSPS) is 21.1. The number of nitriles is 1. The second-order valence-electron chi connectivity index (χ2n) is 3.58. The fourth-order valence-corrected chi connectivity index (χ4v) is 1.79. The number of aromatic nitrogens is 2. The average molecular weight is 204 g/mol. The van der Waals surface area contributed by atoms with Gasteiger partial charge in [-0.1, -0.05) is 0 Å². The largest absolute Gasteiger partial charge is 0.391 e. The lowest BCUT2D eigenvalue weighted by Crippen LogP contribution is -2.39. The molecule has 0 saturated carbocycles. The molecule has 1 aromatic rings. The summed E-state index contributed by atoms with van der Waals surface area (Å²) >= 11 is 0. The van der Waals surface area contributed by atoms with Crippen molar-refractivity contribution in [2.45, 2.75) is 18.9 Å². The topological polar surface area (TPSA) is 73.0 Å². The standard InChI is InChI=1S/C10H12N4O/c11-6-9-10(13-4-3-12-9)14-5-1-2-8(15)7-14/h3-4,8,15H,1-2,5,7H2/t8-/m1/s1. The van der Waals surface area contributed by atoms with Gasteiger partial charge in [0.15, 0.2) is 11.5 Å². The number of aliphatic hydroxyl groups excluding tert-OH is 1. The third-order valence-corrected chi connectivity index (χ3v) is 2.48. The number of hydrogen-bond donors (Lipinski definition) is 1. The monoisotopic (exact) mass is 204 g/mol. The molecule has 15 heavy (non-hydrogen) atoms. The van der Waals surface area contributed by atoms with Gasteiger partial charge < -0.3 is 10.0 Å². The van der Waals surface area contributed by atoms with E-state index in [1.165, 1.54) is 6.20 Å². The van der Waals surface area contributed by atoms with Gasteiger partial charge >= 0.3 is 0 Å². The molecule has 1 aliphatic heterocycles. The van der Waals surface area contributed by atoms with Crippen molar-refractivity contribution in [3.8, 4) is 6.07 Å². The van der Waals surface area contributed by atoms with E-state index in [0.717, 1.165) is 19.4 Å². The predicted molar refractivity (Wildman–Crippen MR) is 54.2 cm³/mol. The Labute approximate surface area is 88.0 Å². The van der Waals surface area contributed by atoms with Gasteiger partial charge in [-0.3, -0.25) is 0 Å². The molecule has 0 radical (unpaired) electrons. The lowest BCUT2D eigenvalue weighted by molar-refractivity contribution is 0.154. The minimum absolute atomic E-state index is 0.326. The summed E-state index contributed by atoms with van der Waals surface area (Å²) in [6.07, 6.45) is 4.48. The summed E-state index contributed by atoms with van der Waals surface area (Å²) in [5.74, 6) is 0.582. The first-order valence-electron chi connectivity index (χ1n) is 4.95. The smallest absolute Gasteiger partial charge is 0.183 e. The molecule has 0 amide bonds. The average Bonchev–Trinajstić information content (AvgIpc) is 2.29. The molecule has 2 heterocycles. The van der Waals surface area contributed by atoms with Gasteiger partial charge in [0.05, 0.1) is 6.10 Å². The number of rotatable bonds is 1. The molecule has 5 heteroatoms. The Morgan fingerprint density at radius 2 is 2.27 bits per heavy atom. The van der Waals surface area contributed by atoms with E-state index in [2.05, 4.69) is 9.97 Å². The van der Waals surface area contributed by atoms with Gasteiger partial charge in [0, 0.05) is 25.5 Å². The summed E-state index contributed by atoms with van der Waals surface area (Å²) in [5, 5.41) is 18.4. The Bertz CT molecular complexity index is 387. The van der Waals surface area contributed by atoms with Crippen LogP contribution >= 0.6 is 0 Å². The van der Waals surface area contributed by atoms with E-state index in [0.29, 0.717) is 18.1 Å². The lowest BCUT2D eigenvalue weighted by Gasteiger charge is -2.30. The Balaban J connectivity index is 2.25. The Morgan fingerprint density at radius 3 is 3.00 bits per heavy atom. The SMILES string of the molecule is N#Cc1nccnc1N1CCC[C@@H](O)C1. The van der Waals surface area contributed by atoms with E-state index < -0.39 is 0 Å². The van der Waals surface area contributed by atoms with Crippen LogP contribution in [0.2, 0.25) is 0 Å². The molecule has 78 valence electrons. The predicted octanol–water partition coefficient (Wildman–Crippen LogP) is 0.309. The molecule has 1 fully saturated rings. The van der Waals surface area contributed by atoms with Crippen LogP contribution in [0.3, 0.4) is 0 Å². The maximum absolute atomic E-state index is 9.53. The molecule has 1 aromatic heterocycles. The van der Waals surface area contributed by atoms with Crippen LogP contribution in [-0.2, 0) is 0 Å². The van der Waals surface area contributed by atoms with E-state index in [4.69, 9.17) is 5.26 Å². The summed E-state index contributed by atoms with van der Waals surface area (Å²) in [5.41, 5.74) is 0.326. The molecule has 0 aliphatic carbocycles. The number of anilines is 1. The summed E-state index contributed by atoms with van der Waals surface area (Å²) in [4.78, 5) is 10.0. The Kier molecular flexibility index (Phi) is 2.79. The molecular weight excluding hydrogens is 192 g/mol. The van der Waals surface area contributed by atoms with Crippen molar-refractivity contribution in [1.29, 1.82) is 5.26 Å². The Morgan fingerprint density at radius 1 is 1.47 bits per heavy atom. The molecule has 1 atom stereocenters. The number of piperidine rings is 1. The van der Waals surface area contributed by atoms with Gasteiger partial charge in [-0.2, -0.15) is 5.26 Å². The van der Waals surface area contributed by atoms with Crippen LogP contribution in [0.25, 0.3) is 0 Å². The second kappa shape index (κ2) is 4.24. The molecule has 0 unspecified atom stereocenters. The molecule has 0 aromatic carbocycles. The van der Waals surface area contributed by atoms with Crippen LogP contribution in [-0.4, -0.2) is 34.3 Å². The highest BCUT2D eigenvalue weighted by molar-refractivity contribution is 5.49. The highest BCUT2D eigenvalue weighted by atomic mass is 16.3. The molecular formula is C10H12N4O. The fourth-order valence-electron chi connectivity index (χ4n) is 1.79. The van der Waals surface area contributed by atoms with Crippen molar-refractivity contribution < 1.29 is 5.11 Å². The summed E-state index contributed by atoms with van der Waals surface area (Å²) in [7, 11) is 0. The van der Waals surface area contributed by atoms with Crippen LogP contribution < -0.4 is 4.90 Å². The van der Waals surface area contributed by atoms with Crippen LogP contribution in [0.15, 0.2) is 12.4 Å². The van der Waals surface area contributed by atoms with Gasteiger partial charge in [0.1, 0.15) is 6.07 Å². The minimum Gasteiger partial charge on any atom is -0.391 e. The molecule has 1 aliphatic rings. The molecule has 5 nitrogen and oxygen atoms in total. The van der Waals surface area contributed by atoms with Crippen molar-refractivity contribution in [2.24, 2.45) is 0 Å². The first-order valence-corrected chi connectivity index (χ1v) is 4.95. The van der Waals surface area contributed by atoms with Crippen LogP contribution in [0, 0.1) is 11.3 Å². The zero-order valence-corrected chi connectivity index (χ0v) is 8.30. The number of aliphatic hydroxyl groups is 1. The summed E-state index contributed by atoms with van der Waals surface area (Å²) in [6, 6.07) is 2.01. The fraction of sp³-hybridized carbons (Fsp3) is 0.500. The lowest BCUT2D eigenvalue weighted by atomic mass is 10.1. The molecule has 0 spiro atoms. The second-order valence-corrected chi connectivity index (χ2v) is 3.58. The quantitative estimate of drug-likeness (QED) is 0.712. The van der Waals surface area contributed by atoms with Gasteiger partial charge in [-0.15, -0.1) is 0 Å². The van der Waals surface area contributed by atoms with Crippen molar-refractivity contribution in [3.63, 3.8) is 0 Å². The van der Waals surface area contributed by atoms with Crippen LogP contribution in [0.5, 0.6) is 0 Å². The van der Waals surface area contributed by atoms with Gasteiger partial charge in [0.2, 0.25) is 0 Å². The van der Waals surface area contributed by atoms with E-state index in [-0.39, 0.29) is 6.10 Å². The highest BCUT2D eigenvalue weighted by Gasteiger charge is 2.21. The van der Waals surface area contributed by atoms with Gasteiger partial charge in [0.25, 0.3) is 0 Å². The molecule has 0 bridgehead atoms. The van der Waals surface area contributed by atoms with Crippen molar-refractivity contribution in [3.05, 3.63) is 18.1 Å². The Hall–Kier alpha value is -1.67. The molecule has 1 saturated heterocycles. The zero-order valence-electron chi connectivity index (χ0n) is 8.30. The molecule has 2 rings (SSSR count). The third-order valence-electron chi connectivity index (χ3n) is 2.48. The van der Waals surface area contributed by atoms with Crippen LogP contribution in [0.1, 0.15) is 18.5 Å². The maximum atomic E-state index is 9.53. The zero-order chi connectivity index (χ0) is 10.7. The van der Waals surface area contributed by atoms with E-state index in [1.54, 1.807) is 6.20 Å². The van der Waals surface area contributed by atoms with Gasteiger partial charge in [-0.25, -0.2) is 9.97 Å². The van der Waals surface area contributed by atoms with Crippen molar-refractivity contribution in [1.82, 2.24) is 9.97 Å². The summed E-state index contributed by atoms with van der Waals surface area (Å²) in [6.45, 7) is 1.36. The third kappa shape index (κ3) is 2.05. The summed E-state index contributed by atoms with van der Waals surface area (Å²) < 4.78 is 0. The first kappa shape index (κ1) is 9.87. The maximum Gasteiger partial charge on any atom is 0.183 e. The van der Waals surface area contributed by atoms with E-state index in [9.17, 15) is 5.11 Å². The number of β-amino-alcohol motifs (C(OH)–C–C–N with tert-alkyl or cyclic N) is 1. The first-order chi connectivity index (χ1) is 7.31. The van der Waals surface area contributed by atoms with Crippen LogP contribution in [0.4, 0.5) is 5.82 Å².